The summed E-state index contributed by atoms with van der Waals surface area (Å²) >= 11 is 0. The van der Waals surface area contributed by atoms with Gasteiger partial charge < -0.3 is 20.1 Å². The number of likely N-dealkylation sites (N-methyl/N-ethyl adjacent to an activating group) is 1. The third kappa shape index (κ3) is 4.55. The SMILES string of the molecule is COc1cccc(/C=C2/NC(=O)N(C)C2=O)c1OCC(=O)Nc1ccc(C)cc1. The maximum atomic E-state index is 12.3. The molecule has 0 atom stereocenters. The summed E-state index contributed by atoms with van der Waals surface area (Å²) in [6, 6.07) is 12.0. The topological polar surface area (TPSA) is 97.0 Å². The molecule has 2 N–H and O–H groups in total. The summed E-state index contributed by atoms with van der Waals surface area (Å²) in [6.45, 7) is 1.70. The standard InChI is InChI=1S/C21H21N3O5/c1-13-7-9-15(10-8-13)22-18(25)12-29-19-14(5-4-6-17(19)28-3)11-16-20(26)24(2)21(27)23-16/h4-11H,12H2,1-3H3,(H,22,25)(H,23,27)/b16-11+. The Labute approximate surface area is 168 Å². The van der Waals surface area contributed by atoms with E-state index in [1.165, 1.54) is 20.2 Å². The van der Waals surface area contributed by atoms with Gasteiger partial charge in [0.15, 0.2) is 18.1 Å². The lowest BCUT2D eigenvalue weighted by atomic mass is 10.1. The molecule has 8 heteroatoms. The van der Waals surface area contributed by atoms with Crippen LogP contribution < -0.4 is 20.1 Å². The Hall–Kier alpha value is -3.81. The van der Waals surface area contributed by atoms with Gasteiger partial charge in [-0.1, -0.05) is 29.8 Å². The Balaban J connectivity index is 1.78. The Morgan fingerprint density at radius 2 is 1.90 bits per heavy atom. The number of urea groups is 1. The molecular formula is C21H21N3O5. The normalized spacial score (nSPS) is 14.7. The molecule has 1 saturated heterocycles. The molecule has 0 aromatic heterocycles. The minimum absolute atomic E-state index is 0.111. The van der Waals surface area contributed by atoms with Crippen LogP contribution in [-0.4, -0.2) is 43.5 Å². The number of amides is 4. The zero-order valence-electron chi connectivity index (χ0n) is 16.3. The van der Waals surface area contributed by atoms with E-state index < -0.39 is 11.9 Å². The number of hydrogen-bond donors (Lipinski definition) is 2. The van der Waals surface area contributed by atoms with Crippen LogP contribution in [0.25, 0.3) is 6.08 Å². The molecule has 2 aromatic rings. The van der Waals surface area contributed by atoms with Crippen molar-refractivity contribution >= 4 is 29.6 Å². The number of rotatable bonds is 6. The summed E-state index contributed by atoms with van der Waals surface area (Å²) in [6.07, 6.45) is 1.49. The first-order valence-corrected chi connectivity index (χ1v) is 8.86. The van der Waals surface area contributed by atoms with Crippen molar-refractivity contribution in [3.05, 3.63) is 59.3 Å². The molecule has 29 heavy (non-hydrogen) atoms. The minimum atomic E-state index is -0.510. The molecule has 0 spiro atoms. The monoisotopic (exact) mass is 395 g/mol. The van der Waals surface area contributed by atoms with Gasteiger partial charge >= 0.3 is 6.03 Å². The summed E-state index contributed by atoms with van der Waals surface area (Å²) in [4.78, 5) is 37.0. The van der Waals surface area contributed by atoms with Crippen molar-refractivity contribution in [3.8, 4) is 11.5 Å². The number of nitrogens with zero attached hydrogens (tertiary/aromatic N) is 1. The van der Waals surface area contributed by atoms with Crippen molar-refractivity contribution in [2.24, 2.45) is 0 Å². The van der Waals surface area contributed by atoms with E-state index in [-0.39, 0.29) is 24.0 Å². The molecule has 1 fully saturated rings. The van der Waals surface area contributed by atoms with Gasteiger partial charge in [-0.25, -0.2) is 4.79 Å². The fourth-order valence-electron chi connectivity index (χ4n) is 2.71. The number of carbonyl (C=O) groups is 3. The molecule has 3 rings (SSSR count). The molecule has 4 amide bonds. The Morgan fingerprint density at radius 3 is 2.52 bits per heavy atom. The van der Waals surface area contributed by atoms with Gasteiger partial charge in [0, 0.05) is 18.3 Å². The zero-order chi connectivity index (χ0) is 21.0. The van der Waals surface area contributed by atoms with E-state index in [1.54, 1.807) is 30.3 Å². The number of methoxy groups -OCH3 is 1. The maximum absolute atomic E-state index is 12.3. The van der Waals surface area contributed by atoms with Gasteiger partial charge in [0.2, 0.25) is 0 Å². The molecule has 2 aromatic carbocycles. The first-order chi connectivity index (χ1) is 13.9. The molecule has 1 heterocycles. The average molecular weight is 395 g/mol. The summed E-state index contributed by atoms with van der Waals surface area (Å²) < 4.78 is 11.0. The number of aryl methyl sites for hydroxylation is 1. The van der Waals surface area contributed by atoms with Crippen LogP contribution in [-0.2, 0) is 9.59 Å². The lowest BCUT2D eigenvalue weighted by Crippen LogP contribution is -2.25. The van der Waals surface area contributed by atoms with Gasteiger partial charge in [-0.2, -0.15) is 0 Å². The van der Waals surface area contributed by atoms with Crippen molar-refractivity contribution in [1.82, 2.24) is 10.2 Å². The number of benzene rings is 2. The average Bonchev–Trinajstić information content (AvgIpc) is 2.95. The van der Waals surface area contributed by atoms with Gasteiger partial charge in [-0.15, -0.1) is 0 Å². The summed E-state index contributed by atoms with van der Waals surface area (Å²) in [5.41, 5.74) is 2.35. The highest BCUT2D eigenvalue weighted by molar-refractivity contribution is 6.13. The lowest BCUT2D eigenvalue weighted by molar-refractivity contribution is -0.122. The molecule has 0 bridgehead atoms. The van der Waals surface area contributed by atoms with Crippen molar-refractivity contribution in [2.75, 3.05) is 26.1 Å². The predicted octanol–water partition coefficient (Wildman–Crippen LogP) is 2.54. The molecular weight excluding hydrogens is 374 g/mol. The number of anilines is 1. The van der Waals surface area contributed by atoms with E-state index in [2.05, 4.69) is 10.6 Å². The van der Waals surface area contributed by atoms with Crippen molar-refractivity contribution in [1.29, 1.82) is 0 Å². The summed E-state index contributed by atoms with van der Waals surface area (Å²) in [5, 5.41) is 5.24. The first-order valence-electron chi connectivity index (χ1n) is 8.86. The molecule has 1 aliphatic rings. The largest absolute Gasteiger partial charge is 0.493 e. The number of hydrogen-bond acceptors (Lipinski definition) is 5. The number of imide groups is 1. The number of nitrogens with one attached hydrogen (secondary N) is 2. The van der Waals surface area contributed by atoms with Crippen LogP contribution in [0, 0.1) is 6.92 Å². The van der Waals surface area contributed by atoms with E-state index in [0.29, 0.717) is 17.0 Å². The molecule has 150 valence electrons. The van der Waals surface area contributed by atoms with Crippen LogP contribution >= 0.6 is 0 Å². The predicted molar refractivity (Wildman–Crippen MR) is 108 cm³/mol. The smallest absolute Gasteiger partial charge is 0.328 e. The quantitative estimate of drug-likeness (QED) is 0.579. The van der Waals surface area contributed by atoms with Crippen LogP contribution in [0.4, 0.5) is 10.5 Å². The van der Waals surface area contributed by atoms with Crippen LogP contribution in [0.1, 0.15) is 11.1 Å². The second kappa shape index (κ2) is 8.47. The lowest BCUT2D eigenvalue weighted by Gasteiger charge is -2.14. The third-order valence-electron chi connectivity index (χ3n) is 4.29. The van der Waals surface area contributed by atoms with Gasteiger partial charge in [-0.05, 0) is 31.2 Å². The second-order valence-electron chi connectivity index (χ2n) is 6.43. The van der Waals surface area contributed by atoms with E-state index in [0.717, 1.165) is 10.5 Å². The zero-order valence-corrected chi connectivity index (χ0v) is 16.3. The number of ether oxygens (including phenoxy) is 2. The van der Waals surface area contributed by atoms with E-state index in [9.17, 15) is 14.4 Å². The molecule has 8 nitrogen and oxygen atoms in total. The van der Waals surface area contributed by atoms with E-state index >= 15 is 0 Å². The van der Waals surface area contributed by atoms with Gasteiger partial charge in [0.1, 0.15) is 5.70 Å². The third-order valence-corrected chi connectivity index (χ3v) is 4.29. The van der Waals surface area contributed by atoms with E-state index in [4.69, 9.17) is 9.47 Å². The Kier molecular flexibility index (Phi) is 5.82. The molecule has 0 aliphatic carbocycles. The molecule has 1 aliphatic heterocycles. The highest BCUT2D eigenvalue weighted by Gasteiger charge is 2.30. The summed E-state index contributed by atoms with van der Waals surface area (Å²) in [7, 11) is 2.86. The van der Waals surface area contributed by atoms with Gasteiger partial charge in [0.05, 0.1) is 7.11 Å². The Morgan fingerprint density at radius 1 is 1.17 bits per heavy atom. The van der Waals surface area contributed by atoms with Crippen molar-refractivity contribution in [3.63, 3.8) is 0 Å². The van der Waals surface area contributed by atoms with Crippen LogP contribution in [0.15, 0.2) is 48.2 Å². The molecule has 0 saturated carbocycles. The highest BCUT2D eigenvalue weighted by atomic mass is 16.5. The second-order valence-corrected chi connectivity index (χ2v) is 6.43. The Bertz CT molecular complexity index is 982. The van der Waals surface area contributed by atoms with Gasteiger partial charge in [0.25, 0.3) is 11.8 Å². The van der Waals surface area contributed by atoms with Crippen molar-refractivity contribution < 1.29 is 23.9 Å². The fraction of sp³-hybridized carbons (Fsp3) is 0.190. The highest BCUT2D eigenvalue weighted by Crippen LogP contribution is 2.33. The van der Waals surface area contributed by atoms with Crippen LogP contribution in [0.5, 0.6) is 11.5 Å². The number of carbonyl (C=O) groups excluding carboxylic acids is 3. The van der Waals surface area contributed by atoms with Crippen molar-refractivity contribution in [2.45, 2.75) is 6.92 Å². The molecule has 0 unspecified atom stereocenters. The number of para-hydroxylation sites is 1. The maximum Gasteiger partial charge on any atom is 0.328 e. The first kappa shape index (κ1) is 19.9. The van der Waals surface area contributed by atoms with E-state index in [1.807, 2.05) is 19.1 Å². The van der Waals surface area contributed by atoms with Gasteiger partial charge in [-0.3, -0.25) is 14.5 Å². The minimum Gasteiger partial charge on any atom is -0.493 e. The van der Waals surface area contributed by atoms with Crippen LogP contribution in [0.2, 0.25) is 0 Å². The molecule has 0 radical (unpaired) electrons. The fourth-order valence-corrected chi connectivity index (χ4v) is 2.71. The van der Waals surface area contributed by atoms with Crippen LogP contribution in [0.3, 0.4) is 0 Å². The summed E-state index contributed by atoms with van der Waals surface area (Å²) in [5.74, 6) is -0.116.